The van der Waals surface area contributed by atoms with Gasteiger partial charge in [0.05, 0.1) is 4.90 Å². The lowest BCUT2D eigenvalue weighted by Gasteiger charge is -2.28. The van der Waals surface area contributed by atoms with Gasteiger partial charge in [-0.2, -0.15) is 0 Å². The summed E-state index contributed by atoms with van der Waals surface area (Å²) in [5, 5.41) is 0. The Balaban J connectivity index is 2.83. The Labute approximate surface area is 157 Å². The minimum absolute atomic E-state index is 0.0246. The Morgan fingerprint density at radius 2 is 1.50 bits per heavy atom. The molecule has 7 heteroatoms. The van der Waals surface area contributed by atoms with Gasteiger partial charge in [0.2, 0.25) is 0 Å². The zero-order chi connectivity index (χ0) is 20.0. The Kier molecular flexibility index (Phi) is 7.50. The Hall–Kier alpha value is -1.76. The van der Waals surface area contributed by atoms with E-state index in [2.05, 4.69) is 0 Å². The average Bonchev–Trinajstić information content (AvgIpc) is 2.45. The van der Waals surface area contributed by atoms with E-state index in [4.69, 9.17) is 9.47 Å². The van der Waals surface area contributed by atoms with Crippen LogP contribution >= 0.6 is 0 Å². The van der Waals surface area contributed by atoms with Crippen LogP contribution in [0.5, 0.6) is 5.75 Å². The van der Waals surface area contributed by atoms with Crippen LogP contribution in [-0.2, 0) is 14.8 Å². The van der Waals surface area contributed by atoms with E-state index in [1.807, 2.05) is 46.3 Å². The van der Waals surface area contributed by atoms with Crippen molar-refractivity contribution in [3.63, 3.8) is 0 Å². The maximum absolute atomic E-state index is 12.4. The van der Waals surface area contributed by atoms with Crippen molar-refractivity contribution in [2.75, 3.05) is 0 Å². The smallest absolute Gasteiger partial charge is 0.421 e. The summed E-state index contributed by atoms with van der Waals surface area (Å²) in [6, 6.07) is 5.91. The van der Waals surface area contributed by atoms with Crippen LogP contribution in [0.25, 0.3) is 0 Å². The molecule has 0 saturated heterocycles. The van der Waals surface area contributed by atoms with Gasteiger partial charge in [-0.1, -0.05) is 26.7 Å². The molecule has 0 bridgehead atoms. The molecule has 0 radical (unpaired) electrons. The third kappa shape index (κ3) is 7.23. The van der Waals surface area contributed by atoms with E-state index >= 15 is 0 Å². The van der Waals surface area contributed by atoms with E-state index in [1.54, 1.807) is 12.1 Å². The van der Waals surface area contributed by atoms with Crippen molar-refractivity contribution in [3.8, 4) is 5.75 Å². The quantitative estimate of drug-likeness (QED) is 0.705. The molecule has 0 spiro atoms. The monoisotopic (exact) mass is 385 g/mol. The van der Waals surface area contributed by atoms with Crippen LogP contribution in [0.4, 0.5) is 4.79 Å². The zero-order valence-electron chi connectivity index (χ0n) is 16.6. The molecule has 1 rings (SSSR count). The molecule has 1 aromatic carbocycles. The fourth-order valence-electron chi connectivity index (χ4n) is 2.74. The molecular formula is C19H31NO5S. The van der Waals surface area contributed by atoms with Gasteiger partial charge in [-0.25, -0.2) is 17.9 Å². The van der Waals surface area contributed by atoms with Crippen LogP contribution in [-0.4, -0.2) is 25.7 Å². The first kappa shape index (κ1) is 22.3. The van der Waals surface area contributed by atoms with Gasteiger partial charge < -0.3 is 9.47 Å². The molecule has 0 atom stereocenters. The van der Waals surface area contributed by atoms with Crippen LogP contribution in [0.1, 0.15) is 67.2 Å². The van der Waals surface area contributed by atoms with Crippen LogP contribution in [0, 0.1) is 0 Å². The molecule has 148 valence electrons. The van der Waals surface area contributed by atoms with Crippen molar-refractivity contribution in [1.82, 2.24) is 4.72 Å². The number of rotatable bonds is 8. The summed E-state index contributed by atoms with van der Waals surface area (Å²) >= 11 is 0. The summed E-state index contributed by atoms with van der Waals surface area (Å²) < 4.78 is 37.8. The van der Waals surface area contributed by atoms with Crippen LogP contribution in [0.2, 0.25) is 0 Å². The fourth-order valence-corrected chi connectivity index (χ4v) is 3.61. The first-order valence-electron chi connectivity index (χ1n) is 8.95. The highest BCUT2D eigenvalue weighted by Gasteiger charge is 2.29. The van der Waals surface area contributed by atoms with Crippen LogP contribution < -0.4 is 9.46 Å². The molecule has 26 heavy (non-hydrogen) atoms. The van der Waals surface area contributed by atoms with Crippen molar-refractivity contribution >= 4 is 16.1 Å². The summed E-state index contributed by atoms with van der Waals surface area (Å²) in [7, 11) is -4.00. The van der Waals surface area contributed by atoms with Gasteiger partial charge in [0.1, 0.15) is 17.0 Å². The molecule has 6 nitrogen and oxygen atoms in total. The maximum atomic E-state index is 12.4. The summed E-state index contributed by atoms with van der Waals surface area (Å²) in [4.78, 5) is 12.1. The number of nitrogens with one attached hydrogen (secondary N) is 1. The zero-order valence-corrected chi connectivity index (χ0v) is 17.4. The SMILES string of the molecule is CCCC(C)(CCC)OC(=O)NS(=O)(=O)c1ccc(OC(C)(C)C)cc1. The summed E-state index contributed by atoms with van der Waals surface area (Å²) in [5.74, 6) is 0.553. The van der Waals surface area contributed by atoms with Gasteiger partial charge in [0.25, 0.3) is 10.0 Å². The molecule has 0 unspecified atom stereocenters. The predicted octanol–water partition coefficient (Wildman–Crippen LogP) is 4.64. The second-order valence-corrected chi connectivity index (χ2v) is 9.31. The van der Waals surface area contributed by atoms with E-state index in [-0.39, 0.29) is 10.5 Å². The summed E-state index contributed by atoms with van der Waals surface area (Å²) in [6.07, 6.45) is 2.07. The standard InChI is InChI=1S/C19H31NO5S/c1-7-13-19(6,14-8-2)25-17(21)20-26(22,23)16-11-9-15(10-12-16)24-18(3,4)5/h9-12H,7-8,13-14H2,1-6H3,(H,20,21). The molecule has 0 aliphatic heterocycles. The Morgan fingerprint density at radius 3 is 1.92 bits per heavy atom. The molecule has 0 aromatic heterocycles. The number of sulfonamides is 1. The number of benzene rings is 1. The molecule has 1 N–H and O–H groups in total. The summed E-state index contributed by atoms with van der Waals surface area (Å²) in [5.41, 5.74) is -1.06. The number of amides is 1. The van der Waals surface area contributed by atoms with Crippen molar-refractivity contribution < 1.29 is 22.7 Å². The topological polar surface area (TPSA) is 81.7 Å². The number of hydrogen-bond donors (Lipinski definition) is 1. The first-order valence-corrected chi connectivity index (χ1v) is 10.4. The van der Waals surface area contributed by atoms with E-state index in [0.29, 0.717) is 18.6 Å². The highest BCUT2D eigenvalue weighted by molar-refractivity contribution is 7.90. The third-order valence-electron chi connectivity index (χ3n) is 3.67. The average molecular weight is 386 g/mol. The van der Waals surface area contributed by atoms with E-state index in [0.717, 1.165) is 12.8 Å². The molecule has 0 saturated carbocycles. The third-order valence-corrected chi connectivity index (χ3v) is 5.00. The van der Waals surface area contributed by atoms with Crippen LogP contribution in [0.15, 0.2) is 29.2 Å². The van der Waals surface area contributed by atoms with Crippen molar-refractivity contribution in [2.24, 2.45) is 0 Å². The minimum Gasteiger partial charge on any atom is -0.488 e. The van der Waals surface area contributed by atoms with Crippen LogP contribution in [0.3, 0.4) is 0 Å². The molecule has 0 heterocycles. The van der Waals surface area contributed by atoms with Crippen molar-refractivity contribution in [3.05, 3.63) is 24.3 Å². The van der Waals surface area contributed by atoms with E-state index in [1.165, 1.54) is 12.1 Å². The second kappa shape index (κ2) is 8.75. The van der Waals surface area contributed by atoms with Gasteiger partial charge in [0.15, 0.2) is 0 Å². The highest BCUT2D eigenvalue weighted by atomic mass is 32.2. The second-order valence-electron chi connectivity index (χ2n) is 7.63. The Bertz CT molecular complexity index is 684. The first-order chi connectivity index (χ1) is 11.9. The lowest BCUT2D eigenvalue weighted by atomic mass is 9.95. The van der Waals surface area contributed by atoms with E-state index < -0.39 is 21.7 Å². The highest BCUT2D eigenvalue weighted by Crippen LogP contribution is 2.24. The predicted molar refractivity (Wildman–Crippen MR) is 102 cm³/mol. The van der Waals surface area contributed by atoms with Gasteiger partial charge >= 0.3 is 6.09 Å². The largest absolute Gasteiger partial charge is 0.488 e. The fraction of sp³-hybridized carbons (Fsp3) is 0.632. The van der Waals surface area contributed by atoms with Gasteiger partial charge in [0, 0.05) is 0 Å². The maximum Gasteiger partial charge on any atom is 0.421 e. The lowest BCUT2D eigenvalue weighted by Crippen LogP contribution is -2.39. The number of carbonyl (C=O) groups excluding carboxylic acids is 1. The normalized spacial score (nSPS) is 12.5. The van der Waals surface area contributed by atoms with Gasteiger partial charge in [-0.3, -0.25) is 0 Å². The van der Waals surface area contributed by atoms with E-state index in [9.17, 15) is 13.2 Å². The molecule has 1 aromatic rings. The van der Waals surface area contributed by atoms with Crippen molar-refractivity contribution in [2.45, 2.75) is 83.3 Å². The molecule has 1 amide bonds. The van der Waals surface area contributed by atoms with Crippen molar-refractivity contribution in [1.29, 1.82) is 0 Å². The minimum atomic E-state index is -4.00. The number of ether oxygens (including phenoxy) is 2. The molecule has 0 aliphatic carbocycles. The van der Waals surface area contributed by atoms with Gasteiger partial charge in [-0.05, 0) is 64.8 Å². The lowest BCUT2D eigenvalue weighted by molar-refractivity contribution is 0.0144. The number of hydrogen-bond acceptors (Lipinski definition) is 5. The number of carbonyl (C=O) groups is 1. The molecule has 0 aliphatic rings. The van der Waals surface area contributed by atoms with Gasteiger partial charge in [-0.15, -0.1) is 0 Å². The molecule has 0 fully saturated rings. The Morgan fingerprint density at radius 1 is 1.00 bits per heavy atom. The summed E-state index contributed by atoms with van der Waals surface area (Å²) in [6.45, 7) is 11.5. The molecular weight excluding hydrogens is 354 g/mol.